The second-order valence-electron chi connectivity index (χ2n) is 4.59. The molecule has 0 aromatic heterocycles. The lowest BCUT2D eigenvalue weighted by Crippen LogP contribution is -2.39. The first-order chi connectivity index (χ1) is 7.38. The average Bonchev–Trinajstić information content (AvgIpc) is 2.14. The fourth-order valence-electron chi connectivity index (χ4n) is 1.19. The molecule has 1 aromatic rings. The van der Waals surface area contributed by atoms with Crippen LogP contribution in [-0.2, 0) is 4.79 Å². The van der Waals surface area contributed by atoms with Crippen LogP contribution in [0.1, 0.15) is 26.3 Å². The van der Waals surface area contributed by atoms with Gasteiger partial charge in [-0.15, -0.1) is 0 Å². The molecule has 3 heteroatoms. The minimum atomic E-state index is -0.199. The molecule has 0 atom stereocenters. The van der Waals surface area contributed by atoms with E-state index in [2.05, 4.69) is 21.2 Å². The summed E-state index contributed by atoms with van der Waals surface area (Å²) in [4.78, 5) is 11.5. The van der Waals surface area contributed by atoms with E-state index in [4.69, 9.17) is 0 Å². The van der Waals surface area contributed by atoms with Crippen LogP contribution < -0.4 is 5.32 Å². The van der Waals surface area contributed by atoms with Crippen LogP contribution in [0.15, 0.2) is 34.8 Å². The smallest absolute Gasteiger partial charge is 0.244 e. The van der Waals surface area contributed by atoms with Gasteiger partial charge in [0, 0.05) is 16.1 Å². The Hall–Kier alpha value is -1.09. The number of hydrogen-bond acceptors (Lipinski definition) is 1. The topological polar surface area (TPSA) is 29.1 Å². The minimum absolute atomic E-state index is 0.0803. The highest BCUT2D eigenvalue weighted by Crippen LogP contribution is 2.16. The molecule has 1 N–H and O–H groups in total. The lowest BCUT2D eigenvalue weighted by atomic mass is 10.1. The van der Waals surface area contributed by atoms with E-state index in [1.54, 1.807) is 12.2 Å². The molecule has 0 spiro atoms. The SMILES string of the molecule is CC(C)(C)NC(=O)/C=C/c1ccccc1Br. The number of benzene rings is 1. The van der Waals surface area contributed by atoms with Gasteiger partial charge < -0.3 is 5.32 Å². The molecule has 0 aliphatic rings. The molecule has 0 saturated carbocycles. The fourth-order valence-corrected chi connectivity index (χ4v) is 1.60. The highest BCUT2D eigenvalue weighted by atomic mass is 79.9. The van der Waals surface area contributed by atoms with Crippen molar-refractivity contribution < 1.29 is 4.79 Å². The summed E-state index contributed by atoms with van der Waals surface area (Å²) < 4.78 is 0.981. The standard InChI is InChI=1S/C13H16BrNO/c1-13(2,3)15-12(16)9-8-10-6-4-5-7-11(10)14/h4-9H,1-3H3,(H,15,16)/b9-8+. The number of halogens is 1. The molecule has 0 bridgehead atoms. The zero-order valence-corrected chi connectivity index (χ0v) is 11.3. The summed E-state index contributed by atoms with van der Waals surface area (Å²) in [7, 11) is 0. The van der Waals surface area contributed by atoms with E-state index in [0.29, 0.717) is 0 Å². The monoisotopic (exact) mass is 281 g/mol. The van der Waals surface area contributed by atoms with Crippen molar-refractivity contribution in [2.45, 2.75) is 26.3 Å². The fraction of sp³-hybridized carbons (Fsp3) is 0.308. The Kier molecular flexibility index (Phi) is 4.30. The van der Waals surface area contributed by atoms with Gasteiger partial charge in [0.1, 0.15) is 0 Å². The Balaban J connectivity index is 2.68. The molecule has 0 unspecified atom stereocenters. The molecule has 0 radical (unpaired) electrons. The molecule has 0 aliphatic heterocycles. The summed E-state index contributed by atoms with van der Waals surface area (Å²) in [6, 6.07) is 7.77. The van der Waals surface area contributed by atoms with Crippen molar-refractivity contribution in [3.05, 3.63) is 40.4 Å². The van der Waals surface area contributed by atoms with Gasteiger partial charge in [-0.3, -0.25) is 4.79 Å². The summed E-state index contributed by atoms with van der Waals surface area (Å²) in [5.74, 6) is -0.0803. The summed E-state index contributed by atoms with van der Waals surface area (Å²) >= 11 is 3.42. The zero-order valence-electron chi connectivity index (χ0n) is 9.75. The molecule has 16 heavy (non-hydrogen) atoms. The molecule has 1 aromatic carbocycles. The molecule has 0 saturated heterocycles. The molecule has 0 fully saturated rings. The van der Waals surface area contributed by atoms with Crippen LogP contribution >= 0.6 is 15.9 Å². The molecule has 86 valence electrons. The van der Waals surface area contributed by atoms with Crippen molar-refractivity contribution in [2.75, 3.05) is 0 Å². The van der Waals surface area contributed by atoms with Crippen molar-refractivity contribution in [1.82, 2.24) is 5.32 Å². The third-order valence-corrected chi connectivity index (χ3v) is 2.54. The number of hydrogen-bond donors (Lipinski definition) is 1. The van der Waals surface area contributed by atoms with E-state index in [1.807, 2.05) is 45.0 Å². The third-order valence-electron chi connectivity index (χ3n) is 1.82. The van der Waals surface area contributed by atoms with Gasteiger partial charge >= 0.3 is 0 Å². The Labute approximate surface area is 105 Å². The quantitative estimate of drug-likeness (QED) is 0.828. The van der Waals surface area contributed by atoms with Gasteiger partial charge in [0.2, 0.25) is 5.91 Å². The first kappa shape index (κ1) is 13.0. The Morgan fingerprint density at radius 1 is 1.31 bits per heavy atom. The second-order valence-corrected chi connectivity index (χ2v) is 5.45. The molecule has 1 rings (SSSR count). The van der Waals surface area contributed by atoms with E-state index >= 15 is 0 Å². The molecule has 1 amide bonds. The van der Waals surface area contributed by atoms with Crippen LogP contribution in [0.4, 0.5) is 0 Å². The van der Waals surface area contributed by atoms with Crippen LogP contribution in [0.2, 0.25) is 0 Å². The lowest BCUT2D eigenvalue weighted by Gasteiger charge is -2.18. The molecule has 0 heterocycles. The Morgan fingerprint density at radius 3 is 2.50 bits per heavy atom. The Morgan fingerprint density at radius 2 is 1.94 bits per heavy atom. The van der Waals surface area contributed by atoms with E-state index in [-0.39, 0.29) is 11.4 Å². The van der Waals surface area contributed by atoms with E-state index in [9.17, 15) is 4.79 Å². The van der Waals surface area contributed by atoms with E-state index in [1.165, 1.54) is 0 Å². The van der Waals surface area contributed by atoms with Gasteiger partial charge in [0.05, 0.1) is 0 Å². The predicted molar refractivity (Wildman–Crippen MR) is 71.1 cm³/mol. The first-order valence-electron chi connectivity index (χ1n) is 5.13. The van der Waals surface area contributed by atoms with Crippen molar-refractivity contribution >= 4 is 27.9 Å². The van der Waals surface area contributed by atoms with E-state index in [0.717, 1.165) is 10.0 Å². The third kappa shape index (κ3) is 4.62. The van der Waals surface area contributed by atoms with Crippen LogP contribution in [0.5, 0.6) is 0 Å². The summed E-state index contributed by atoms with van der Waals surface area (Å²) in [5.41, 5.74) is 0.793. The molecular weight excluding hydrogens is 266 g/mol. The van der Waals surface area contributed by atoms with Gasteiger partial charge in [0.15, 0.2) is 0 Å². The van der Waals surface area contributed by atoms with Gasteiger partial charge in [-0.1, -0.05) is 34.1 Å². The zero-order chi connectivity index (χ0) is 12.2. The second kappa shape index (κ2) is 5.30. The van der Waals surface area contributed by atoms with Gasteiger partial charge in [0.25, 0.3) is 0 Å². The molecule has 2 nitrogen and oxygen atoms in total. The number of carbonyl (C=O) groups is 1. The van der Waals surface area contributed by atoms with Gasteiger partial charge in [-0.25, -0.2) is 0 Å². The van der Waals surface area contributed by atoms with Crippen molar-refractivity contribution in [1.29, 1.82) is 0 Å². The molecule has 0 aliphatic carbocycles. The minimum Gasteiger partial charge on any atom is -0.348 e. The van der Waals surface area contributed by atoms with Gasteiger partial charge in [-0.05, 0) is 38.5 Å². The maximum absolute atomic E-state index is 11.5. The van der Waals surface area contributed by atoms with Crippen molar-refractivity contribution in [3.8, 4) is 0 Å². The maximum Gasteiger partial charge on any atom is 0.244 e. The molecular formula is C13H16BrNO. The summed E-state index contributed by atoms with van der Waals surface area (Å²) in [6.07, 6.45) is 3.34. The van der Waals surface area contributed by atoms with Crippen molar-refractivity contribution in [2.24, 2.45) is 0 Å². The van der Waals surface area contributed by atoms with Crippen LogP contribution in [0.3, 0.4) is 0 Å². The first-order valence-corrected chi connectivity index (χ1v) is 5.92. The van der Waals surface area contributed by atoms with Crippen LogP contribution in [-0.4, -0.2) is 11.4 Å². The van der Waals surface area contributed by atoms with Crippen LogP contribution in [0, 0.1) is 0 Å². The average molecular weight is 282 g/mol. The summed E-state index contributed by atoms with van der Waals surface area (Å²) in [6.45, 7) is 5.87. The number of rotatable bonds is 2. The maximum atomic E-state index is 11.5. The van der Waals surface area contributed by atoms with Crippen molar-refractivity contribution in [3.63, 3.8) is 0 Å². The largest absolute Gasteiger partial charge is 0.348 e. The number of nitrogens with one attached hydrogen (secondary N) is 1. The van der Waals surface area contributed by atoms with Crippen LogP contribution in [0.25, 0.3) is 6.08 Å². The summed E-state index contributed by atoms with van der Waals surface area (Å²) in [5, 5.41) is 2.87. The highest BCUT2D eigenvalue weighted by molar-refractivity contribution is 9.10. The predicted octanol–water partition coefficient (Wildman–Crippen LogP) is 3.38. The van der Waals surface area contributed by atoms with Gasteiger partial charge in [-0.2, -0.15) is 0 Å². The highest BCUT2D eigenvalue weighted by Gasteiger charge is 2.11. The van der Waals surface area contributed by atoms with E-state index < -0.39 is 0 Å². The normalized spacial score (nSPS) is 11.8. The Bertz CT molecular complexity index is 405. The lowest BCUT2D eigenvalue weighted by molar-refractivity contribution is -0.117. The number of amides is 1. The number of carbonyl (C=O) groups excluding carboxylic acids is 1.